The third-order valence-electron chi connectivity index (χ3n) is 3.33. The molecule has 0 radical (unpaired) electrons. The molecule has 0 unspecified atom stereocenters. The Morgan fingerprint density at radius 3 is 2.59 bits per heavy atom. The van der Waals surface area contributed by atoms with Crippen LogP contribution in [0.1, 0.15) is 19.8 Å². The van der Waals surface area contributed by atoms with E-state index in [2.05, 4.69) is 22.4 Å². The predicted octanol–water partition coefficient (Wildman–Crippen LogP) is 3.41. The molecule has 0 aliphatic rings. The summed E-state index contributed by atoms with van der Waals surface area (Å²) in [7, 11) is -0.607. The highest BCUT2D eigenvalue weighted by Crippen LogP contribution is 2.29. The molecule has 0 atom stereocenters. The molecule has 1 aromatic carbocycles. The van der Waals surface area contributed by atoms with Crippen LogP contribution in [0.15, 0.2) is 37.8 Å². The lowest BCUT2D eigenvalue weighted by molar-refractivity contribution is -0.113. The molecule has 0 bridgehead atoms. The molecular formula is C16H22N4O3S4. The first-order valence-corrected chi connectivity index (χ1v) is 12.5. The maximum Gasteiger partial charge on any atom is 0.242 e. The summed E-state index contributed by atoms with van der Waals surface area (Å²) in [5.41, 5.74) is 0.441. The Labute approximate surface area is 172 Å². The smallest absolute Gasteiger partial charge is 0.242 e. The molecule has 2 rings (SSSR count). The number of aromatic nitrogens is 2. The number of anilines is 1. The lowest BCUT2D eigenvalue weighted by atomic mass is 10.3. The first-order chi connectivity index (χ1) is 12.8. The summed E-state index contributed by atoms with van der Waals surface area (Å²) in [5.74, 6) is 0.969. The van der Waals surface area contributed by atoms with Crippen molar-refractivity contribution in [2.45, 2.75) is 33.3 Å². The molecule has 27 heavy (non-hydrogen) atoms. The number of sulfonamides is 1. The van der Waals surface area contributed by atoms with Gasteiger partial charge in [-0.2, -0.15) is 0 Å². The Morgan fingerprint density at radius 1 is 1.22 bits per heavy atom. The molecule has 1 N–H and O–H groups in total. The largest absolute Gasteiger partial charge is 0.325 e. The zero-order chi connectivity index (χ0) is 19.9. The highest BCUT2D eigenvalue weighted by Gasteiger charge is 2.17. The topological polar surface area (TPSA) is 92.3 Å². The maximum absolute atomic E-state index is 12.2. The van der Waals surface area contributed by atoms with Gasteiger partial charge in [0.05, 0.1) is 10.6 Å². The van der Waals surface area contributed by atoms with E-state index in [1.165, 1.54) is 49.3 Å². The van der Waals surface area contributed by atoms with Crippen molar-refractivity contribution >= 4 is 56.5 Å². The van der Waals surface area contributed by atoms with Crippen LogP contribution in [-0.4, -0.2) is 54.4 Å². The first-order valence-electron chi connectivity index (χ1n) is 8.24. The number of hydrogen-bond acceptors (Lipinski definition) is 8. The molecule has 11 heteroatoms. The van der Waals surface area contributed by atoms with E-state index >= 15 is 0 Å². The molecule has 0 aliphatic heterocycles. The van der Waals surface area contributed by atoms with Crippen LogP contribution in [-0.2, 0) is 14.8 Å². The highest BCUT2D eigenvalue weighted by atomic mass is 32.2. The second-order valence-corrected chi connectivity index (χ2v) is 11.4. The maximum atomic E-state index is 12.2. The van der Waals surface area contributed by atoms with Crippen molar-refractivity contribution in [2.24, 2.45) is 0 Å². The van der Waals surface area contributed by atoms with E-state index < -0.39 is 10.0 Å². The van der Waals surface area contributed by atoms with E-state index in [1.807, 2.05) is 0 Å². The van der Waals surface area contributed by atoms with Gasteiger partial charge in [-0.25, -0.2) is 12.7 Å². The molecule has 0 spiro atoms. The number of nitrogens with one attached hydrogen (secondary N) is 1. The van der Waals surface area contributed by atoms with Crippen molar-refractivity contribution < 1.29 is 13.2 Å². The van der Waals surface area contributed by atoms with Gasteiger partial charge in [0.1, 0.15) is 0 Å². The Kier molecular flexibility index (Phi) is 8.55. The number of carbonyl (C=O) groups is 1. The summed E-state index contributed by atoms with van der Waals surface area (Å²) in [4.78, 5) is 12.3. The average Bonchev–Trinajstić information content (AvgIpc) is 3.08. The van der Waals surface area contributed by atoms with Crippen LogP contribution in [0.2, 0.25) is 0 Å². The zero-order valence-corrected chi connectivity index (χ0v) is 18.6. The van der Waals surface area contributed by atoms with Gasteiger partial charge in [-0.05, 0) is 24.6 Å². The molecule has 0 fully saturated rings. The number of thioether (sulfide) groups is 2. The average molecular weight is 447 g/mol. The van der Waals surface area contributed by atoms with Crippen LogP contribution in [0.4, 0.5) is 5.69 Å². The van der Waals surface area contributed by atoms with E-state index in [0.29, 0.717) is 5.69 Å². The van der Waals surface area contributed by atoms with E-state index in [9.17, 15) is 13.2 Å². The summed E-state index contributed by atoms with van der Waals surface area (Å²) < 4.78 is 27.1. The highest BCUT2D eigenvalue weighted by molar-refractivity contribution is 8.03. The molecule has 1 aromatic heterocycles. The van der Waals surface area contributed by atoms with E-state index in [0.717, 1.165) is 31.6 Å². The lowest BCUT2D eigenvalue weighted by Gasteiger charge is -2.12. The van der Waals surface area contributed by atoms with Crippen LogP contribution >= 0.6 is 34.9 Å². The van der Waals surface area contributed by atoms with Gasteiger partial charge in [0, 0.05) is 25.5 Å². The third-order valence-corrected chi connectivity index (χ3v) is 8.42. The second-order valence-electron chi connectivity index (χ2n) is 5.69. The quantitative estimate of drug-likeness (QED) is 0.442. The number of carbonyl (C=O) groups excluding carboxylic acids is 1. The van der Waals surface area contributed by atoms with Gasteiger partial charge in [0.25, 0.3) is 0 Å². The molecule has 7 nitrogen and oxygen atoms in total. The monoisotopic (exact) mass is 446 g/mol. The third kappa shape index (κ3) is 6.75. The second kappa shape index (κ2) is 10.4. The number of benzene rings is 1. The predicted molar refractivity (Wildman–Crippen MR) is 112 cm³/mol. The molecule has 148 valence electrons. The minimum absolute atomic E-state index is 0.135. The Balaban J connectivity index is 1.89. The lowest BCUT2D eigenvalue weighted by Crippen LogP contribution is -2.22. The molecule has 1 amide bonds. The molecule has 0 saturated carbocycles. The molecule has 0 aliphatic carbocycles. The van der Waals surface area contributed by atoms with Gasteiger partial charge < -0.3 is 5.32 Å². The number of rotatable bonds is 10. The van der Waals surface area contributed by atoms with Crippen molar-refractivity contribution in [3.63, 3.8) is 0 Å². The summed E-state index contributed by atoms with van der Waals surface area (Å²) in [5, 5.41) is 10.9. The zero-order valence-electron chi connectivity index (χ0n) is 15.3. The Hall–Kier alpha value is -1.14. The van der Waals surface area contributed by atoms with E-state index in [4.69, 9.17) is 0 Å². The van der Waals surface area contributed by atoms with Crippen molar-refractivity contribution in [1.82, 2.24) is 14.5 Å². The fraction of sp³-hybridized carbons (Fsp3) is 0.438. The molecule has 2 aromatic rings. The summed E-state index contributed by atoms with van der Waals surface area (Å²) in [6, 6.07) is 6.21. The van der Waals surface area contributed by atoms with E-state index in [-0.39, 0.29) is 16.6 Å². The summed E-state index contributed by atoms with van der Waals surface area (Å²) in [6.45, 7) is 2.15. The van der Waals surface area contributed by atoms with Gasteiger partial charge >= 0.3 is 0 Å². The number of unbranched alkanes of at least 4 members (excludes halogenated alkanes) is 1. The molecule has 0 saturated heterocycles. The number of hydrogen-bond donors (Lipinski definition) is 1. The molecular weight excluding hydrogens is 424 g/mol. The normalized spacial score (nSPS) is 11.7. The van der Waals surface area contributed by atoms with Gasteiger partial charge in [0.15, 0.2) is 8.68 Å². The minimum Gasteiger partial charge on any atom is -0.325 e. The van der Waals surface area contributed by atoms with E-state index in [1.54, 1.807) is 23.9 Å². The van der Waals surface area contributed by atoms with Crippen molar-refractivity contribution in [3.8, 4) is 0 Å². The first kappa shape index (κ1) is 22.2. The summed E-state index contributed by atoms with van der Waals surface area (Å²) >= 11 is 4.47. The van der Waals surface area contributed by atoms with Gasteiger partial charge in [-0.15, -0.1) is 10.2 Å². The van der Waals surface area contributed by atoms with Crippen LogP contribution in [0.25, 0.3) is 0 Å². The molecule has 1 heterocycles. The van der Waals surface area contributed by atoms with Crippen molar-refractivity contribution in [1.29, 1.82) is 0 Å². The standard InChI is InChI=1S/C16H22N4O3S4/c1-4-5-9-24-15-18-19-16(26-15)25-11-14(21)17-12-7-6-8-13(10-12)27(22,23)20(2)3/h6-8,10H,4-5,9,11H2,1-3H3,(H,17,21). The van der Waals surface area contributed by atoms with Gasteiger partial charge in [-0.3, -0.25) is 4.79 Å². The van der Waals surface area contributed by atoms with Gasteiger partial charge in [-0.1, -0.05) is 54.3 Å². The fourth-order valence-corrected chi connectivity index (χ4v) is 5.81. The van der Waals surface area contributed by atoms with Gasteiger partial charge in [0.2, 0.25) is 15.9 Å². The Bertz CT molecular complexity index is 868. The van der Waals surface area contributed by atoms with Crippen LogP contribution in [0.3, 0.4) is 0 Å². The number of amides is 1. The summed E-state index contributed by atoms with van der Waals surface area (Å²) in [6.07, 6.45) is 2.28. The number of nitrogens with zero attached hydrogens (tertiary/aromatic N) is 3. The minimum atomic E-state index is -3.54. The van der Waals surface area contributed by atoms with Crippen LogP contribution in [0, 0.1) is 0 Å². The van der Waals surface area contributed by atoms with Crippen molar-refractivity contribution in [2.75, 3.05) is 30.9 Å². The van der Waals surface area contributed by atoms with Crippen molar-refractivity contribution in [3.05, 3.63) is 24.3 Å². The SMILES string of the molecule is CCCCSc1nnc(SCC(=O)Nc2cccc(S(=O)(=O)N(C)C)c2)s1. The van der Waals surface area contributed by atoms with Crippen LogP contribution < -0.4 is 5.32 Å². The Morgan fingerprint density at radius 2 is 1.93 bits per heavy atom. The van der Waals surface area contributed by atoms with Crippen LogP contribution in [0.5, 0.6) is 0 Å². The fourth-order valence-electron chi connectivity index (χ4n) is 1.89.